The minimum absolute atomic E-state index is 0.0594. The van der Waals surface area contributed by atoms with Gasteiger partial charge >= 0.3 is 11.9 Å². The van der Waals surface area contributed by atoms with E-state index in [-0.39, 0.29) is 18.9 Å². The highest BCUT2D eigenvalue weighted by Crippen LogP contribution is 2.18. The molecule has 0 radical (unpaired) electrons. The van der Waals surface area contributed by atoms with Gasteiger partial charge in [0.25, 0.3) is 0 Å². The van der Waals surface area contributed by atoms with E-state index in [0.29, 0.717) is 12.5 Å². The molecule has 1 amide bonds. The Morgan fingerprint density at radius 3 is 2.25 bits per heavy atom. The summed E-state index contributed by atoms with van der Waals surface area (Å²) in [6, 6.07) is 0. The van der Waals surface area contributed by atoms with Crippen LogP contribution in [0.1, 0.15) is 25.7 Å². The molecule has 1 saturated heterocycles. The molecule has 1 rings (SSSR count). The molecule has 9 heteroatoms. The minimum atomic E-state index is -0.968. The SMILES string of the molecule is CSC(CC(=O)NCCC1CCN(C)CC1)C(=O)O.NCC(=O)O. The Bertz CT molecular complexity index is 401. The number of hydrogen-bond donors (Lipinski definition) is 4. The van der Waals surface area contributed by atoms with E-state index in [1.807, 2.05) is 0 Å². The van der Waals surface area contributed by atoms with Gasteiger partial charge in [0.2, 0.25) is 5.91 Å². The quantitative estimate of drug-likeness (QED) is 0.476. The van der Waals surface area contributed by atoms with Gasteiger partial charge in [-0.1, -0.05) is 0 Å². The molecule has 0 spiro atoms. The van der Waals surface area contributed by atoms with Crippen molar-refractivity contribution < 1.29 is 24.6 Å². The molecular formula is C15H29N3O5S. The first kappa shape index (κ1) is 22.7. The highest BCUT2D eigenvalue weighted by atomic mass is 32.2. The van der Waals surface area contributed by atoms with Crippen molar-refractivity contribution in [2.75, 3.05) is 39.5 Å². The van der Waals surface area contributed by atoms with Crippen LogP contribution in [0, 0.1) is 5.92 Å². The molecule has 1 fully saturated rings. The second-order valence-electron chi connectivity index (χ2n) is 5.75. The fraction of sp³-hybridized carbons (Fsp3) is 0.800. The van der Waals surface area contributed by atoms with Crippen molar-refractivity contribution in [3.63, 3.8) is 0 Å². The van der Waals surface area contributed by atoms with Crippen molar-refractivity contribution in [1.29, 1.82) is 0 Å². The van der Waals surface area contributed by atoms with Crippen LogP contribution in [0.5, 0.6) is 0 Å². The number of piperidine rings is 1. The number of carboxylic acids is 2. The number of carboxylic acid groups (broad SMARTS) is 2. The number of carbonyl (C=O) groups excluding carboxylic acids is 1. The van der Waals surface area contributed by atoms with Crippen molar-refractivity contribution >= 4 is 29.6 Å². The summed E-state index contributed by atoms with van der Waals surface area (Å²) < 4.78 is 0. The number of hydrogen-bond acceptors (Lipinski definition) is 6. The second kappa shape index (κ2) is 13.0. The van der Waals surface area contributed by atoms with Gasteiger partial charge in [-0.3, -0.25) is 14.4 Å². The Morgan fingerprint density at radius 1 is 1.29 bits per heavy atom. The van der Waals surface area contributed by atoms with Crippen molar-refractivity contribution in [2.45, 2.75) is 30.9 Å². The van der Waals surface area contributed by atoms with E-state index in [4.69, 9.17) is 10.2 Å². The maximum Gasteiger partial charge on any atom is 0.317 e. The standard InChI is InChI=1S/C13H24N2O3S.C2H5NO2/c1-15-7-4-10(5-8-15)3-6-14-12(16)9-11(19-2)13(17)18;3-1-2(4)5/h10-11H,3-9H2,1-2H3,(H,14,16)(H,17,18);1,3H2,(H,4,5). The van der Waals surface area contributed by atoms with Gasteiger partial charge < -0.3 is 26.2 Å². The zero-order chi connectivity index (χ0) is 18.5. The lowest BCUT2D eigenvalue weighted by atomic mass is 9.94. The van der Waals surface area contributed by atoms with E-state index in [1.165, 1.54) is 24.6 Å². The van der Waals surface area contributed by atoms with Gasteiger partial charge in [-0.05, 0) is 51.6 Å². The van der Waals surface area contributed by atoms with Gasteiger partial charge in [0, 0.05) is 13.0 Å². The molecule has 5 N–H and O–H groups in total. The van der Waals surface area contributed by atoms with Gasteiger partial charge in [0.05, 0.1) is 6.54 Å². The molecule has 1 aliphatic rings. The van der Waals surface area contributed by atoms with E-state index in [0.717, 1.165) is 19.5 Å². The van der Waals surface area contributed by atoms with Crippen LogP contribution in [0.15, 0.2) is 0 Å². The molecule has 1 aliphatic heterocycles. The molecule has 0 aromatic rings. The molecule has 8 nitrogen and oxygen atoms in total. The third-order valence-electron chi connectivity index (χ3n) is 3.82. The molecular weight excluding hydrogens is 334 g/mol. The van der Waals surface area contributed by atoms with Crippen LogP contribution < -0.4 is 11.1 Å². The summed E-state index contributed by atoms with van der Waals surface area (Å²) in [6.45, 7) is 2.65. The summed E-state index contributed by atoms with van der Waals surface area (Å²) in [6.07, 6.45) is 5.15. The van der Waals surface area contributed by atoms with Crippen molar-refractivity contribution in [2.24, 2.45) is 11.7 Å². The monoisotopic (exact) mass is 363 g/mol. The first-order valence-electron chi connectivity index (χ1n) is 7.92. The lowest BCUT2D eigenvalue weighted by molar-refractivity contribution is -0.138. The minimum Gasteiger partial charge on any atom is -0.480 e. The van der Waals surface area contributed by atoms with Crippen LogP contribution >= 0.6 is 11.8 Å². The molecule has 0 aromatic carbocycles. The predicted molar refractivity (Wildman–Crippen MR) is 94.1 cm³/mol. The predicted octanol–water partition coefficient (Wildman–Crippen LogP) is 0.0705. The molecule has 1 unspecified atom stereocenters. The summed E-state index contributed by atoms with van der Waals surface area (Å²) in [5, 5.41) is 18.7. The lowest BCUT2D eigenvalue weighted by Crippen LogP contribution is -2.34. The smallest absolute Gasteiger partial charge is 0.317 e. The summed E-state index contributed by atoms with van der Waals surface area (Å²) in [5.41, 5.74) is 4.57. The van der Waals surface area contributed by atoms with E-state index in [1.54, 1.807) is 6.26 Å². The fourth-order valence-corrected chi connectivity index (χ4v) is 2.80. The van der Waals surface area contributed by atoms with Crippen LogP contribution in [0.3, 0.4) is 0 Å². The van der Waals surface area contributed by atoms with Gasteiger partial charge in [-0.2, -0.15) is 0 Å². The number of nitrogens with one attached hydrogen (secondary N) is 1. The van der Waals surface area contributed by atoms with E-state index < -0.39 is 17.2 Å². The average molecular weight is 363 g/mol. The first-order chi connectivity index (χ1) is 11.3. The molecule has 140 valence electrons. The van der Waals surface area contributed by atoms with Crippen LogP contribution in [0.2, 0.25) is 0 Å². The largest absolute Gasteiger partial charge is 0.480 e. The lowest BCUT2D eigenvalue weighted by Gasteiger charge is -2.28. The molecule has 1 heterocycles. The highest BCUT2D eigenvalue weighted by Gasteiger charge is 2.20. The Morgan fingerprint density at radius 2 is 1.83 bits per heavy atom. The zero-order valence-electron chi connectivity index (χ0n) is 14.4. The Labute approximate surface area is 147 Å². The number of nitrogens with two attached hydrogens (primary N) is 1. The van der Waals surface area contributed by atoms with E-state index in [9.17, 15) is 14.4 Å². The van der Waals surface area contributed by atoms with Crippen LogP contribution in [0.4, 0.5) is 0 Å². The second-order valence-corrected chi connectivity index (χ2v) is 6.79. The number of amides is 1. The molecule has 24 heavy (non-hydrogen) atoms. The maximum absolute atomic E-state index is 11.6. The van der Waals surface area contributed by atoms with Gasteiger partial charge in [0.1, 0.15) is 5.25 Å². The molecule has 0 aromatic heterocycles. The number of likely N-dealkylation sites (tertiary alicyclic amines) is 1. The number of aliphatic carboxylic acids is 2. The Hall–Kier alpha value is -1.32. The topological polar surface area (TPSA) is 133 Å². The fourth-order valence-electron chi connectivity index (χ4n) is 2.28. The van der Waals surface area contributed by atoms with Crippen molar-refractivity contribution in [1.82, 2.24) is 10.2 Å². The Kier molecular flexibility index (Phi) is 12.3. The first-order valence-corrected chi connectivity index (χ1v) is 9.21. The van der Waals surface area contributed by atoms with Crippen LogP contribution in [-0.4, -0.2) is 77.7 Å². The average Bonchev–Trinajstić information content (AvgIpc) is 2.54. The molecule has 1 atom stereocenters. The Balaban J connectivity index is 0.000000922. The van der Waals surface area contributed by atoms with E-state index >= 15 is 0 Å². The summed E-state index contributed by atoms with van der Waals surface area (Å²) >= 11 is 1.20. The third kappa shape index (κ3) is 11.3. The van der Waals surface area contributed by atoms with Crippen molar-refractivity contribution in [3.8, 4) is 0 Å². The number of rotatable bonds is 8. The highest BCUT2D eigenvalue weighted by molar-refractivity contribution is 7.99. The van der Waals surface area contributed by atoms with Crippen molar-refractivity contribution in [3.05, 3.63) is 0 Å². The summed E-state index contributed by atoms with van der Waals surface area (Å²) in [4.78, 5) is 34.0. The van der Waals surface area contributed by atoms with Crippen LogP contribution in [-0.2, 0) is 14.4 Å². The maximum atomic E-state index is 11.6. The molecule has 0 aliphatic carbocycles. The number of nitrogens with zero attached hydrogens (tertiary/aromatic N) is 1. The number of thioether (sulfide) groups is 1. The van der Waals surface area contributed by atoms with Gasteiger partial charge in [0.15, 0.2) is 0 Å². The van der Waals surface area contributed by atoms with Gasteiger partial charge in [-0.15, -0.1) is 11.8 Å². The van der Waals surface area contributed by atoms with E-state index in [2.05, 4.69) is 23.0 Å². The molecule has 0 bridgehead atoms. The normalized spacial score (nSPS) is 16.6. The van der Waals surface area contributed by atoms with Crippen LogP contribution in [0.25, 0.3) is 0 Å². The number of carbonyl (C=O) groups is 3. The summed E-state index contributed by atoms with van der Waals surface area (Å²) in [5.74, 6) is -1.36. The van der Waals surface area contributed by atoms with Gasteiger partial charge in [-0.25, -0.2) is 0 Å². The molecule has 0 saturated carbocycles. The zero-order valence-corrected chi connectivity index (χ0v) is 15.2. The third-order valence-corrected chi connectivity index (χ3v) is 4.76. The summed E-state index contributed by atoms with van der Waals surface area (Å²) in [7, 11) is 2.13.